The normalized spacial score (nSPS) is 17.7. The van der Waals surface area contributed by atoms with E-state index in [2.05, 4.69) is 31.2 Å². The summed E-state index contributed by atoms with van der Waals surface area (Å²) in [5.74, 6) is 0.408. The van der Waals surface area contributed by atoms with Gasteiger partial charge in [0.25, 0.3) is 5.91 Å². The van der Waals surface area contributed by atoms with E-state index in [0.29, 0.717) is 44.3 Å². The Balaban J connectivity index is 1.38. The van der Waals surface area contributed by atoms with Gasteiger partial charge in [-0.25, -0.2) is 0 Å². The van der Waals surface area contributed by atoms with Crippen molar-refractivity contribution < 1.29 is 14.3 Å². The summed E-state index contributed by atoms with van der Waals surface area (Å²) >= 11 is 0. The fourth-order valence-corrected chi connectivity index (χ4v) is 4.55. The van der Waals surface area contributed by atoms with Gasteiger partial charge in [-0.1, -0.05) is 60.2 Å². The number of hydrogen-bond donors (Lipinski definition) is 0. The zero-order valence-electron chi connectivity index (χ0n) is 18.4. The molecule has 2 aromatic carbocycles. The predicted molar refractivity (Wildman–Crippen MR) is 122 cm³/mol. The number of piperidine rings is 1. The molecule has 0 aliphatic carbocycles. The number of hydrogen-bond acceptors (Lipinski definition) is 4. The van der Waals surface area contributed by atoms with Crippen molar-refractivity contribution in [3.63, 3.8) is 0 Å². The molecule has 0 N–H and O–H groups in total. The lowest BCUT2D eigenvalue weighted by Crippen LogP contribution is -2.41. The van der Waals surface area contributed by atoms with E-state index in [0.717, 1.165) is 29.7 Å². The molecule has 2 aliphatic rings. The monoisotopic (exact) mass is 431 g/mol. The van der Waals surface area contributed by atoms with Crippen LogP contribution >= 0.6 is 0 Å². The first-order valence-corrected chi connectivity index (χ1v) is 11.4. The molecule has 0 bridgehead atoms. The molecule has 6 nitrogen and oxygen atoms in total. The average Bonchev–Trinajstić information content (AvgIpc) is 3.51. The SMILES string of the molecule is Cc1ccc(-c2nn(Cc3ccccc3)cc2C(=O)N2CCC(C3OCCO3)CC2)cc1. The highest BCUT2D eigenvalue weighted by Gasteiger charge is 2.33. The minimum Gasteiger partial charge on any atom is -0.350 e. The molecule has 2 fully saturated rings. The van der Waals surface area contributed by atoms with Crippen molar-refractivity contribution in [2.24, 2.45) is 5.92 Å². The van der Waals surface area contributed by atoms with Gasteiger partial charge in [0.1, 0.15) is 5.69 Å². The molecular formula is C26H29N3O3. The average molecular weight is 432 g/mol. The first-order chi connectivity index (χ1) is 15.7. The van der Waals surface area contributed by atoms with Crippen LogP contribution < -0.4 is 0 Å². The second kappa shape index (κ2) is 9.27. The first-order valence-electron chi connectivity index (χ1n) is 11.4. The summed E-state index contributed by atoms with van der Waals surface area (Å²) in [6.07, 6.45) is 3.59. The van der Waals surface area contributed by atoms with Crippen molar-refractivity contribution in [1.82, 2.24) is 14.7 Å². The molecule has 1 aromatic heterocycles. The smallest absolute Gasteiger partial charge is 0.257 e. The highest BCUT2D eigenvalue weighted by Crippen LogP contribution is 2.29. The lowest BCUT2D eigenvalue weighted by Gasteiger charge is -2.33. The lowest BCUT2D eigenvalue weighted by molar-refractivity contribution is -0.0956. The Morgan fingerprint density at radius 1 is 1.00 bits per heavy atom. The third kappa shape index (κ3) is 4.47. The maximum atomic E-state index is 13.6. The van der Waals surface area contributed by atoms with E-state index in [1.807, 2.05) is 46.1 Å². The molecule has 166 valence electrons. The van der Waals surface area contributed by atoms with Gasteiger partial charge < -0.3 is 14.4 Å². The third-order valence-corrected chi connectivity index (χ3v) is 6.36. The number of carbonyl (C=O) groups is 1. The molecule has 0 saturated carbocycles. The summed E-state index contributed by atoms with van der Waals surface area (Å²) in [5.41, 5.74) is 4.71. The van der Waals surface area contributed by atoms with Crippen LogP contribution in [0.5, 0.6) is 0 Å². The van der Waals surface area contributed by atoms with Crippen molar-refractivity contribution in [3.8, 4) is 11.3 Å². The molecule has 0 radical (unpaired) electrons. The third-order valence-electron chi connectivity index (χ3n) is 6.36. The molecule has 0 unspecified atom stereocenters. The molecule has 2 aliphatic heterocycles. The summed E-state index contributed by atoms with van der Waals surface area (Å²) in [6, 6.07) is 18.4. The summed E-state index contributed by atoms with van der Waals surface area (Å²) in [4.78, 5) is 15.5. The van der Waals surface area contributed by atoms with Gasteiger partial charge in [0.2, 0.25) is 0 Å². The van der Waals surface area contributed by atoms with Gasteiger partial charge in [0, 0.05) is 30.8 Å². The lowest BCUT2D eigenvalue weighted by atomic mass is 9.95. The van der Waals surface area contributed by atoms with E-state index in [1.165, 1.54) is 5.56 Å². The van der Waals surface area contributed by atoms with Gasteiger partial charge in [-0.15, -0.1) is 0 Å². The highest BCUT2D eigenvalue weighted by atomic mass is 16.7. The molecule has 2 saturated heterocycles. The van der Waals surface area contributed by atoms with Gasteiger partial charge >= 0.3 is 0 Å². The Kier molecular flexibility index (Phi) is 6.06. The van der Waals surface area contributed by atoms with Crippen LogP contribution in [-0.2, 0) is 16.0 Å². The number of nitrogens with zero attached hydrogens (tertiary/aromatic N) is 3. The molecule has 5 rings (SSSR count). The zero-order chi connectivity index (χ0) is 21.9. The number of amides is 1. The molecule has 3 heterocycles. The second-order valence-electron chi connectivity index (χ2n) is 8.68. The minimum atomic E-state index is -0.107. The molecule has 6 heteroatoms. The van der Waals surface area contributed by atoms with E-state index in [1.54, 1.807) is 0 Å². The van der Waals surface area contributed by atoms with E-state index in [9.17, 15) is 4.79 Å². The van der Waals surface area contributed by atoms with Crippen molar-refractivity contribution in [1.29, 1.82) is 0 Å². The summed E-state index contributed by atoms with van der Waals surface area (Å²) in [6.45, 7) is 5.46. The van der Waals surface area contributed by atoms with Crippen molar-refractivity contribution in [2.75, 3.05) is 26.3 Å². The first kappa shape index (κ1) is 20.9. The summed E-state index contributed by atoms with van der Waals surface area (Å²) in [7, 11) is 0. The molecule has 1 amide bonds. The van der Waals surface area contributed by atoms with E-state index >= 15 is 0 Å². The van der Waals surface area contributed by atoms with E-state index < -0.39 is 0 Å². The second-order valence-corrected chi connectivity index (χ2v) is 8.68. The molecule has 32 heavy (non-hydrogen) atoms. The number of rotatable bonds is 5. The maximum Gasteiger partial charge on any atom is 0.257 e. The van der Waals surface area contributed by atoms with Gasteiger partial charge in [0.05, 0.1) is 25.3 Å². The largest absolute Gasteiger partial charge is 0.350 e. The maximum absolute atomic E-state index is 13.6. The van der Waals surface area contributed by atoms with Gasteiger partial charge in [-0.2, -0.15) is 5.10 Å². The minimum absolute atomic E-state index is 0.0478. The number of carbonyl (C=O) groups excluding carboxylic acids is 1. The number of aryl methyl sites for hydroxylation is 1. The Morgan fingerprint density at radius 3 is 2.38 bits per heavy atom. The van der Waals surface area contributed by atoms with Crippen LogP contribution in [0.2, 0.25) is 0 Å². The van der Waals surface area contributed by atoms with Crippen LogP contribution in [0.1, 0.15) is 34.3 Å². The highest BCUT2D eigenvalue weighted by molar-refractivity contribution is 5.99. The van der Waals surface area contributed by atoms with Gasteiger partial charge in [0.15, 0.2) is 6.29 Å². The van der Waals surface area contributed by atoms with Crippen molar-refractivity contribution in [2.45, 2.75) is 32.6 Å². The summed E-state index contributed by atoms with van der Waals surface area (Å²) < 4.78 is 13.2. The number of ether oxygens (including phenoxy) is 2. The van der Waals surface area contributed by atoms with Crippen molar-refractivity contribution >= 4 is 5.91 Å². The van der Waals surface area contributed by atoms with Crippen LogP contribution in [0.15, 0.2) is 60.8 Å². The number of benzene rings is 2. The Morgan fingerprint density at radius 2 is 1.69 bits per heavy atom. The molecule has 3 aromatic rings. The van der Waals surface area contributed by atoms with Crippen LogP contribution in [0.25, 0.3) is 11.3 Å². The molecule has 0 spiro atoms. The Labute approximate surface area is 188 Å². The standard InChI is InChI=1S/C26H29N3O3/c1-19-7-9-21(10-8-19)24-23(18-29(27-24)17-20-5-3-2-4-6-20)25(30)28-13-11-22(12-14-28)26-31-15-16-32-26/h2-10,18,22,26H,11-17H2,1H3. The van der Waals surface area contributed by atoms with E-state index in [-0.39, 0.29) is 12.2 Å². The van der Waals surface area contributed by atoms with Crippen LogP contribution in [0.4, 0.5) is 0 Å². The molecule has 0 atom stereocenters. The van der Waals surface area contributed by atoms with Crippen LogP contribution in [-0.4, -0.2) is 53.2 Å². The molecular weight excluding hydrogens is 402 g/mol. The number of aromatic nitrogens is 2. The van der Waals surface area contributed by atoms with Gasteiger partial charge in [-0.05, 0) is 25.3 Å². The predicted octanol–water partition coefficient (Wildman–Crippen LogP) is 4.13. The van der Waals surface area contributed by atoms with Crippen LogP contribution in [0, 0.1) is 12.8 Å². The number of likely N-dealkylation sites (tertiary alicyclic amines) is 1. The van der Waals surface area contributed by atoms with Gasteiger partial charge in [-0.3, -0.25) is 9.48 Å². The van der Waals surface area contributed by atoms with E-state index in [4.69, 9.17) is 14.6 Å². The van der Waals surface area contributed by atoms with Crippen LogP contribution in [0.3, 0.4) is 0 Å². The fourth-order valence-electron chi connectivity index (χ4n) is 4.55. The topological polar surface area (TPSA) is 56.6 Å². The Hall–Kier alpha value is -2.96. The zero-order valence-corrected chi connectivity index (χ0v) is 18.4. The Bertz CT molecular complexity index is 1050. The fraction of sp³-hybridized carbons (Fsp3) is 0.385. The summed E-state index contributed by atoms with van der Waals surface area (Å²) in [5, 5.41) is 4.83. The quantitative estimate of drug-likeness (QED) is 0.610. The van der Waals surface area contributed by atoms with Crippen molar-refractivity contribution in [3.05, 3.63) is 77.5 Å².